The first-order valence-electron chi connectivity index (χ1n) is 8.85. The highest BCUT2D eigenvalue weighted by atomic mass is 35.5. The summed E-state index contributed by atoms with van der Waals surface area (Å²) in [4.78, 5) is 17.2. The van der Waals surface area contributed by atoms with E-state index in [4.69, 9.17) is 25.8 Å². The van der Waals surface area contributed by atoms with Gasteiger partial charge in [0, 0.05) is 24.7 Å². The van der Waals surface area contributed by atoms with Crippen LogP contribution in [0.15, 0.2) is 41.6 Å². The molecule has 0 atom stereocenters. The van der Waals surface area contributed by atoms with E-state index >= 15 is 0 Å². The molecule has 29 heavy (non-hydrogen) atoms. The van der Waals surface area contributed by atoms with Gasteiger partial charge in [0.25, 0.3) is 0 Å². The fourth-order valence-corrected chi connectivity index (χ4v) is 3.82. The Morgan fingerprint density at radius 3 is 2.72 bits per heavy atom. The molecule has 154 valence electrons. The lowest BCUT2D eigenvalue weighted by Gasteiger charge is -2.12. The lowest BCUT2D eigenvalue weighted by Crippen LogP contribution is -2.15. The molecule has 0 fully saturated rings. The van der Waals surface area contributed by atoms with Crippen LogP contribution >= 0.6 is 23.4 Å². The summed E-state index contributed by atoms with van der Waals surface area (Å²) in [5.41, 5.74) is 2.28. The number of methoxy groups -OCH3 is 3. The summed E-state index contributed by atoms with van der Waals surface area (Å²) in [7, 11) is 4.77. The summed E-state index contributed by atoms with van der Waals surface area (Å²) < 4.78 is 17.7. The Morgan fingerprint density at radius 1 is 1.17 bits per heavy atom. The van der Waals surface area contributed by atoms with E-state index in [1.54, 1.807) is 39.5 Å². The monoisotopic (exact) mass is 435 g/mol. The van der Waals surface area contributed by atoms with Gasteiger partial charge in [0.2, 0.25) is 5.91 Å². The normalized spacial score (nSPS) is 10.9. The van der Waals surface area contributed by atoms with E-state index in [2.05, 4.69) is 10.3 Å². The standard InChI is InChI=1S/C20H22ClN3O4S/c1-26-9-8-24-17-6-4-13(21)10-15(17)23-20(24)29-12-19(25)22-16-11-14(27-2)5-7-18(16)28-3/h4-7,10-11H,8-9,12H2,1-3H3,(H,22,25). The summed E-state index contributed by atoms with van der Waals surface area (Å²) in [6, 6.07) is 10.8. The summed E-state index contributed by atoms with van der Waals surface area (Å²) >= 11 is 7.44. The number of ether oxygens (including phenoxy) is 3. The minimum Gasteiger partial charge on any atom is -0.497 e. The van der Waals surface area contributed by atoms with Gasteiger partial charge in [-0.15, -0.1) is 0 Å². The highest BCUT2D eigenvalue weighted by Gasteiger charge is 2.15. The molecule has 1 amide bonds. The number of nitrogens with zero attached hydrogens (tertiary/aromatic N) is 2. The van der Waals surface area contributed by atoms with Crippen LogP contribution in [0, 0.1) is 0 Å². The van der Waals surface area contributed by atoms with Crippen molar-refractivity contribution < 1.29 is 19.0 Å². The maximum atomic E-state index is 12.5. The Bertz CT molecular complexity index is 1010. The van der Waals surface area contributed by atoms with Gasteiger partial charge >= 0.3 is 0 Å². The van der Waals surface area contributed by atoms with Crippen LogP contribution in [-0.2, 0) is 16.1 Å². The molecule has 0 aliphatic carbocycles. The molecular weight excluding hydrogens is 414 g/mol. The molecule has 0 saturated carbocycles. The van der Waals surface area contributed by atoms with E-state index < -0.39 is 0 Å². The van der Waals surface area contributed by atoms with E-state index in [1.807, 2.05) is 22.8 Å². The van der Waals surface area contributed by atoms with Gasteiger partial charge in [-0.1, -0.05) is 23.4 Å². The van der Waals surface area contributed by atoms with Gasteiger partial charge in [0.1, 0.15) is 11.5 Å². The van der Waals surface area contributed by atoms with Gasteiger partial charge in [-0.25, -0.2) is 4.98 Å². The smallest absolute Gasteiger partial charge is 0.234 e. The van der Waals surface area contributed by atoms with E-state index in [9.17, 15) is 4.79 Å². The molecule has 0 aliphatic rings. The number of thioether (sulfide) groups is 1. The number of aromatic nitrogens is 2. The van der Waals surface area contributed by atoms with E-state index in [0.29, 0.717) is 35.4 Å². The fraction of sp³-hybridized carbons (Fsp3) is 0.300. The van der Waals surface area contributed by atoms with Gasteiger partial charge in [0.05, 0.1) is 43.3 Å². The molecule has 3 aromatic rings. The number of carbonyl (C=O) groups excluding carboxylic acids is 1. The van der Waals surface area contributed by atoms with Gasteiger partial charge in [-0.2, -0.15) is 0 Å². The predicted octanol–water partition coefficient (Wildman–Crippen LogP) is 4.08. The summed E-state index contributed by atoms with van der Waals surface area (Å²) in [6.45, 7) is 1.16. The molecule has 7 nitrogen and oxygen atoms in total. The average molecular weight is 436 g/mol. The first-order chi connectivity index (χ1) is 14.0. The number of amides is 1. The van der Waals surface area contributed by atoms with Crippen LogP contribution in [0.2, 0.25) is 5.02 Å². The number of rotatable bonds is 9. The third kappa shape index (κ3) is 5.14. The Balaban J connectivity index is 1.75. The zero-order valence-electron chi connectivity index (χ0n) is 16.4. The Hall–Kier alpha value is -2.42. The molecular formula is C20H22ClN3O4S. The second-order valence-electron chi connectivity index (χ2n) is 6.07. The SMILES string of the molecule is COCCn1c(SCC(=O)Nc2cc(OC)ccc2OC)nc2cc(Cl)ccc21. The number of carbonyl (C=O) groups is 1. The molecule has 1 aromatic heterocycles. The van der Waals surface area contributed by atoms with Crippen LogP contribution in [0.25, 0.3) is 11.0 Å². The topological polar surface area (TPSA) is 74.6 Å². The Kier molecular flexibility index (Phi) is 7.24. The largest absolute Gasteiger partial charge is 0.497 e. The zero-order chi connectivity index (χ0) is 20.8. The molecule has 2 aromatic carbocycles. The molecule has 0 unspecified atom stereocenters. The number of nitrogens with one attached hydrogen (secondary N) is 1. The molecule has 0 spiro atoms. The van der Waals surface area contributed by atoms with Crippen molar-refractivity contribution in [1.29, 1.82) is 0 Å². The maximum absolute atomic E-state index is 12.5. The Labute approximate surface area is 178 Å². The lowest BCUT2D eigenvalue weighted by atomic mass is 10.2. The predicted molar refractivity (Wildman–Crippen MR) is 116 cm³/mol. The minimum atomic E-state index is -0.176. The molecule has 0 saturated heterocycles. The molecule has 1 heterocycles. The van der Waals surface area contributed by atoms with Crippen molar-refractivity contribution in [3.8, 4) is 11.5 Å². The van der Waals surface area contributed by atoms with Crippen LogP contribution < -0.4 is 14.8 Å². The van der Waals surface area contributed by atoms with Gasteiger partial charge in [0.15, 0.2) is 5.16 Å². The number of hydrogen-bond acceptors (Lipinski definition) is 6. The van der Waals surface area contributed by atoms with Crippen LogP contribution in [-0.4, -0.2) is 49.1 Å². The van der Waals surface area contributed by atoms with Crippen molar-refractivity contribution in [1.82, 2.24) is 9.55 Å². The van der Waals surface area contributed by atoms with Crippen molar-refractivity contribution in [2.24, 2.45) is 0 Å². The van der Waals surface area contributed by atoms with Crippen LogP contribution in [0.1, 0.15) is 0 Å². The highest BCUT2D eigenvalue weighted by molar-refractivity contribution is 7.99. The number of benzene rings is 2. The number of imidazole rings is 1. The lowest BCUT2D eigenvalue weighted by molar-refractivity contribution is -0.113. The molecule has 9 heteroatoms. The van der Waals surface area contributed by atoms with Crippen LogP contribution in [0.3, 0.4) is 0 Å². The van der Waals surface area contributed by atoms with Crippen molar-refractivity contribution in [3.63, 3.8) is 0 Å². The summed E-state index contributed by atoms with van der Waals surface area (Å²) in [6.07, 6.45) is 0. The zero-order valence-corrected chi connectivity index (χ0v) is 18.0. The molecule has 0 radical (unpaired) electrons. The van der Waals surface area contributed by atoms with E-state index in [0.717, 1.165) is 16.2 Å². The van der Waals surface area contributed by atoms with Crippen molar-refractivity contribution in [2.75, 3.05) is 39.0 Å². The number of hydrogen-bond donors (Lipinski definition) is 1. The minimum absolute atomic E-state index is 0.176. The average Bonchev–Trinajstić information content (AvgIpc) is 3.06. The molecule has 0 bridgehead atoms. The van der Waals surface area contributed by atoms with Crippen molar-refractivity contribution in [3.05, 3.63) is 41.4 Å². The van der Waals surface area contributed by atoms with Gasteiger partial charge < -0.3 is 24.1 Å². The maximum Gasteiger partial charge on any atom is 0.234 e. The quantitative estimate of drug-likeness (QED) is 0.510. The van der Waals surface area contributed by atoms with Crippen LogP contribution in [0.4, 0.5) is 5.69 Å². The molecule has 3 rings (SSSR count). The second kappa shape index (κ2) is 9.87. The van der Waals surface area contributed by atoms with E-state index in [-0.39, 0.29) is 11.7 Å². The third-order valence-corrected chi connectivity index (χ3v) is 5.42. The number of anilines is 1. The second-order valence-corrected chi connectivity index (χ2v) is 7.45. The first kappa shape index (κ1) is 21.3. The Morgan fingerprint density at radius 2 is 2.00 bits per heavy atom. The summed E-state index contributed by atoms with van der Waals surface area (Å²) in [5, 5.41) is 4.21. The summed E-state index contributed by atoms with van der Waals surface area (Å²) in [5.74, 6) is 1.20. The fourth-order valence-electron chi connectivity index (χ4n) is 2.82. The van der Waals surface area contributed by atoms with Crippen LogP contribution in [0.5, 0.6) is 11.5 Å². The van der Waals surface area contributed by atoms with E-state index in [1.165, 1.54) is 11.8 Å². The molecule has 1 N–H and O–H groups in total. The van der Waals surface area contributed by atoms with Crippen molar-refractivity contribution in [2.45, 2.75) is 11.7 Å². The number of halogens is 1. The first-order valence-corrected chi connectivity index (χ1v) is 10.2. The molecule has 0 aliphatic heterocycles. The van der Waals surface area contributed by atoms with Gasteiger partial charge in [-0.05, 0) is 30.3 Å². The third-order valence-electron chi connectivity index (χ3n) is 4.21. The van der Waals surface area contributed by atoms with Gasteiger partial charge in [-0.3, -0.25) is 4.79 Å². The number of fused-ring (bicyclic) bond motifs is 1. The van der Waals surface area contributed by atoms with Crippen molar-refractivity contribution >= 4 is 46.0 Å². The highest BCUT2D eigenvalue weighted by Crippen LogP contribution is 2.30.